The minimum atomic E-state index is -0.122. The van der Waals surface area contributed by atoms with Gasteiger partial charge in [0.05, 0.1) is 11.7 Å². The van der Waals surface area contributed by atoms with Crippen LogP contribution >= 0.6 is 12.4 Å². The van der Waals surface area contributed by atoms with Crippen LogP contribution in [0, 0.1) is 0 Å². The van der Waals surface area contributed by atoms with E-state index in [-0.39, 0.29) is 18.4 Å². The molecule has 2 aromatic rings. The number of nitrogens with one attached hydrogen (secondary N) is 1. The lowest BCUT2D eigenvalue weighted by Gasteiger charge is -2.11. The standard InChI is InChI=1S/C13H17N3.ClH/c1-9(2)10-3-5-11(6-4-10)13(14)12-7-8-15-16-12;/h3-9,13H,14H2,1-2H3,(H,15,16);1H. The molecule has 0 fully saturated rings. The fourth-order valence-electron chi connectivity index (χ4n) is 1.71. The molecule has 1 atom stereocenters. The molecule has 17 heavy (non-hydrogen) atoms. The molecular formula is C13H18ClN3. The third-order valence-electron chi connectivity index (χ3n) is 2.82. The van der Waals surface area contributed by atoms with Crippen LogP contribution in [-0.4, -0.2) is 10.2 Å². The summed E-state index contributed by atoms with van der Waals surface area (Å²) in [6.07, 6.45) is 1.72. The van der Waals surface area contributed by atoms with Gasteiger partial charge >= 0.3 is 0 Å². The normalized spacial score (nSPS) is 12.2. The summed E-state index contributed by atoms with van der Waals surface area (Å²) < 4.78 is 0. The molecule has 92 valence electrons. The zero-order valence-corrected chi connectivity index (χ0v) is 10.9. The summed E-state index contributed by atoms with van der Waals surface area (Å²) in [5.74, 6) is 0.553. The number of hydrogen-bond acceptors (Lipinski definition) is 2. The highest BCUT2D eigenvalue weighted by Gasteiger charge is 2.10. The van der Waals surface area contributed by atoms with Gasteiger partial charge in [-0.15, -0.1) is 12.4 Å². The number of nitrogens with zero attached hydrogens (tertiary/aromatic N) is 1. The van der Waals surface area contributed by atoms with Gasteiger partial charge < -0.3 is 5.73 Å². The summed E-state index contributed by atoms with van der Waals surface area (Å²) in [6.45, 7) is 4.37. The fraction of sp³-hybridized carbons (Fsp3) is 0.308. The molecule has 0 saturated carbocycles. The van der Waals surface area contributed by atoms with Gasteiger partial charge in [0.1, 0.15) is 0 Å². The molecule has 0 aliphatic carbocycles. The molecule has 0 spiro atoms. The van der Waals surface area contributed by atoms with Gasteiger partial charge in [-0.25, -0.2) is 0 Å². The highest BCUT2D eigenvalue weighted by atomic mass is 35.5. The average molecular weight is 252 g/mol. The van der Waals surface area contributed by atoms with Gasteiger partial charge in [0.15, 0.2) is 0 Å². The highest BCUT2D eigenvalue weighted by molar-refractivity contribution is 5.85. The topological polar surface area (TPSA) is 54.7 Å². The van der Waals surface area contributed by atoms with Crippen molar-refractivity contribution in [3.8, 4) is 0 Å². The van der Waals surface area contributed by atoms with Gasteiger partial charge in [-0.2, -0.15) is 5.10 Å². The molecule has 0 amide bonds. The predicted molar refractivity (Wildman–Crippen MR) is 72.4 cm³/mol. The van der Waals surface area contributed by atoms with Crippen molar-refractivity contribution >= 4 is 12.4 Å². The molecule has 0 radical (unpaired) electrons. The van der Waals surface area contributed by atoms with Crippen LogP contribution < -0.4 is 5.73 Å². The second-order valence-corrected chi connectivity index (χ2v) is 4.31. The van der Waals surface area contributed by atoms with E-state index in [4.69, 9.17) is 5.73 Å². The van der Waals surface area contributed by atoms with Crippen molar-refractivity contribution in [1.82, 2.24) is 10.2 Å². The second kappa shape index (κ2) is 5.84. The maximum atomic E-state index is 6.12. The number of H-pyrrole nitrogens is 1. The first-order valence-electron chi connectivity index (χ1n) is 5.53. The first-order valence-corrected chi connectivity index (χ1v) is 5.53. The van der Waals surface area contributed by atoms with E-state index >= 15 is 0 Å². The van der Waals surface area contributed by atoms with Crippen LogP contribution in [0.4, 0.5) is 0 Å². The Hall–Kier alpha value is -1.32. The SMILES string of the molecule is CC(C)c1ccc(C(N)c2ccn[nH]2)cc1.Cl. The van der Waals surface area contributed by atoms with Crippen molar-refractivity contribution in [3.63, 3.8) is 0 Å². The van der Waals surface area contributed by atoms with E-state index in [0.29, 0.717) is 5.92 Å². The number of halogens is 1. The van der Waals surface area contributed by atoms with Crippen molar-refractivity contribution in [3.05, 3.63) is 53.3 Å². The molecule has 3 N–H and O–H groups in total. The second-order valence-electron chi connectivity index (χ2n) is 4.31. The quantitative estimate of drug-likeness (QED) is 0.881. The largest absolute Gasteiger partial charge is 0.319 e. The summed E-state index contributed by atoms with van der Waals surface area (Å²) in [6, 6.07) is 10.2. The zero-order chi connectivity index (χ0) is 11.5. The maximum Gasteiger partial charge on any atom is 0.0720 e. The van der Waals surface area contributed by atoms with Crippen LogP contribution in [-0.2, 0) is 0 Å². The van der Waals surface area contributed by atoms with Gasteiger partial charge in [0, 0.05) is 6.20 Å². The lowest BCUT2D eigenvalue weighted by atomic mass is 9.98. The molecule has 0 aliphatic heterocycles. The number of hydrogen-bond donors (Lipinski definition) is 2. The van der Waals surface area contributed by atoms with Crippen LogP contribution in [0.1, 0.15) is 42.6 Å². The van der Waals surface area contributed by atoms with Crippen LogP contribution in [0.25, 0.3) is 0 Å². The Morgan fingerprint density at radius 3 is 2.12 bits per heavy atom. The minimum Gasteiger partial charge on any atom is -0.319 e. The molecule has 1 aromatic carbocycles. The predicted octanol–water partition coefficient (Wildman–Crippen LogP) is 3.00. The van der Waals surface area contributed by atoms with Crippen LogP contribution in [0.2, 0.25) is 0 Å². The Bertz CT molecular complexity index is 434. The van der Waals surface area contributed by atoms with E-state index in [0.717, 1.165) is 11.3 Å². The number of aromatic nitrogens is 2. The summed E-state index contributed by atoms with van der Waals surface area (Å²) in [7, 11) is 0. The number of rotatable bonds is 3. The number of aromatic amines is 1. The molecule has 1 unspecified atom stereocenters. The fourth-order valence-corrected chi connectivity index (χ4v) is 1.71. The molecule has 1 heterocycles. The molecule has 1 aromatic heterocycles. The Labute approximate surface area is 108 Å². The van der Waals surface area contributed by atoms with Crippen molar-refractivity contribution in [2.45, 2.75) is 25.8 Å². The Kier molecular flexibility index (Phi) is 4.73. The average Bonchev–Trinajstić information content (AvgIpc) is 2.81. The number of nitrogens with two attached hydrogens (primary N) is 1. The maximum absolute atomic E-state index is 6.12. The van der Waals surface area contributed by atoms with Gasteiger partial charge in [-0.3, -0.25) is 5.10 Å². The summed E-state index contributed by atoms with van der Waals surface area (Å²) in [4.78, 5) is 0. The van der Waals surface area contributed by atoms with E-state index < -0.39 is 0 Å². The summed E-state index contributed by atoms with van der Waals surface area (Å²) >= 11 is 0. The molecule has 4 heteroatoms. The number of benzene rings is 1. The molecular weight excluding hydrogens is 234 g/mol. The zero-order valence-electron chi connectivity index (χ0n) is 10.1. The van der Waals surface area contributed by atoms with E-state index in [2.05, 4.69) is 48.3 Å². The van der Waals surface area contributed by atoms with Gasteiger partial charge in [0.25, 0.3) is 0 Å². The third-order valence-corrected chi connectivity index (χ3v) is 2.82. The first-order chi connectivity index (χ1) is 7.68. The van der Waals surface area contributed by atoms with Gasteiger partial charge in [-0.1, -0.05) is 38.1 Å². The van der Waals surface area contributed by atoms with Crippen molar-refractivity contribution in [1.29, 1.82) is 0 Å². The van der Waals surface area contributed by atoms with E-state index in [9.17, 15) is 0 Å². The smallest absolute Gasteiger partial charge is 0.0720 e. The Morgan fingerprint density at radius 2 is 1.65 bits per heavy atom. The third kappa shape index (κ3) is 3.08. The molecule has 3 nitrogen and oxygen atoms in total. The van der Waals surface area contributed by atoms with E-state index in [1.807, 2.05) is 6.07 Å². The minimum absolute atomic E-state index is 0. The van der Waals surface area contributed by atoms with E-state index in [1.165, 1.54) is 5.56 Å². The van der Waals surface area contributed by atoms with Crippen molar-refractivity contribution < 1.29 is 0 Å². The Morgan fingerprint density at radius 1 is 1.06 bits per heavy atom. The lowest BCUT2D eigenvalue weighted by Crippen LogP contribution is -2.12. The van der Waals surface area contributed by atoms with Gasteiger partial charge in [0.2, 0.25) is 0 Å². The molecule has 0 bridgehead atoms. The lowest BCUT2D eigenvalue weighted by molar-refractivity contribution is 0.810. The summed E-state index contributed by atoms with van der Waals surface area (Å²) in [5.41, 5.74) is 9.50. The first kappa shape index (κ1) is 13.7. The van der Waals surface area contributed by atoms with Gasteiger partial charge in [-0.05, 0) is 23.1 Å². The molecule has 0 saturated heterocycles. The molecule has 2 rings (SSSR count). The highest BCUT2D eigenvalue weighted by Crippen LogP contribution is 2.20. The monoisotopic (exact) mass is 251 g/mol. The van der Waals surface area contributed by atoms with Crippen LogP contribution in [0.5, 0.6) is 0 Å². The Balaban J connectivity index is 0.00000144. The van der Waals surface area contributed by atoms with E-state index in [1.54, 1.807) is 6.20 Å². The van der Waals surface area contributed by atoms with Crippen LogP contribution in [0.3, 0.4) is 0 Å². The van der Waals surface area contributed by atoms with Crippen LogP contribution in [0.15, 0.2) is 36.5 Å². The summed E-state index contributed by atoms with van der Waals surface area (Å²) in [5, 5.41) is 6.81. The van der Waals surface area contributed by atoms with Crippen molar-refractivity contribution in [2.75, 3.05) is 0 Å². The van der Waals surface area contributed by atoms with Crippen molar-refractivity contribution in [2.24, 2.45) is 5.73 Å². The molecule has 0 aliphatic rings.